The number of esters is 1. The third-order valence-corrected chi connectivity index (χ3v) is 2.70. The van der Waals surface area contributed by atoms with Crippen molar-refractivity contribution in [3.8, 4) is 0 Å². The maximum Gasteiger partial charge on any atom is 0.337 e. The molecule has 0 atom stereocenters. The van der Waals surface area contributed by atoms with Crippen molar-refractivity contribution in [2.75, 3.05) is 25.1 Å². The number of ether oxygens (including phenoxy) is 1. The average Bonchev–Trinajstić information content (AvgIpc) is 2.49. The van der Waals surface area contributed by atoms with Crippen LogP contribution in [0.25, 0.3) is 0 Å². The summed E-state index contributed by atoms with van der Waals surface area (Å²) in [5.74, 6) is -1.11. The van der Waals surface area contributed by atoms with Crippen molar-refractivity contribution in [3.63, 3.8) is 0 Å². The molecule has 2 amide bonds. The minimum absolute atomic E-state index is 0.131. The lowest BCUT2D eigenvalue weighted by Crippen LogP contribution is -2.39. The minimum atomic E-state index is -0.503. The molecule has 0 saturated heterocycles. The molecule has 0 heterocycles. The summed E-state index contributed by atoms with van der Waals surface area (Å²) in [5.41, 5.74) is 0.770. The second kappa shape index (κ2) is 7.84. The number of benzene rings is 1. The predicted octanol–water partition coefficient (Wildman–Crippen LogP) is 1.13. The summed E-state index contributed by atoms with van der Waals surface area (Å²) in [7, 11) is 1.28. The van der Waals surface area contributed by atoms with Crippen molar-refractivity contribution < 1.29 is 19.1 Å². The number of anilines is 1. The number of methoxy groups -OCH3 is 1. The number of hydrogen-bond donors (Lipinski definition) is 1. The van der Waals surface area contributed by atoms with Gasteiger partial charge in [0, 0.05) is 19.2 Å². The molecule has 0 bridgehead atoms. The molecule has 6 nitrogen and oxygen atoms in total. The number of nitrogens with one attached hydrogen (secondary N) is 1. The van der Waals surface area contributed by atoms with E-state index in [1.165, 1.54) is 25.0 Å². The molecule has 1 aromatic rings. The van der Waals surface area contributed by atoms with Gasteiger partial charge >= 0.3 is 5.97 Å². The number of carbonyl (C=O) groups is 3. The molecular formula is C15H18N2O4. The highest BCUT2D eigenvalue weighted by molar-refractivity contribution is 5.99. The lowest BCUT2D eigenvalue weighted by Gasteiger charge is -2.21. The van der Waals surface area contributed by atoms with Crippen LogP contribution in [0.3, 0.4) is 0 Å². The molecule has 0 fully saturated rings. The Balaban J connectivity index is 2.95. The molecule has 1 rings (SSSR count). The molecule has 0 aliphatic rings. The summed E-state index contributed by atoms with van der Waals surface area (Å²) in [6.45, 7) is 5.05. The van der Waals surface area contributed by atoms with Crippen molar-refractivity contribution in [3.05, 3.63) is 42.5 Å². The van der Waals surface area contributed by atoms with E-state index in [1.54, 1.807) is 24.3 Å². The highest BCUT2D eigenvalue weighted by Gasteiger charge is 2.17. The van der Waals surface area contributed by atoms with Crippen LogP contribution in [0.4, 0.5) is 5.69 Å². The molecular weight excluding hydrogens is 272 g/mol. The summed E-state index contributed by atoms with van der Waals surface area (Å²) in [4.78, 5) is 36.2. The van der Waals surface area contributed by atoms with Crippen molar-refractivity contribution in [2.24, 2.45) is 0 Å². The summed E-state index contributed by atoms with van der Waals surface area (Å²) < 4.78 is 4.63. The normalized spacial score (nSPS) is 9.62. The fourth-order valence-electron chi connectivity index (χ4n) is 1.69. The predicted molar refractivity (Wildman–Crippen MR) is 79.0 cm³/mol. The summed E-state index contributed by atoms with van der Waals surface area (Å²) >= 11 is 0. The number of hydrogen-bond acceptors (Lipinski definition) is 4. The van der Waals surface area contributed by atoms with E-state index in [4.69, 9.17) is 0 Å². The van der Waals surface area contributed by atoms with Gasteiger partial charge in [-0.3, -0.25) is 9.59 Å². The Bertz CT molecular complexity index is 554. The van der Waals surface area contributed by atoms with E-state index >= 15 is 0 Å². The zero-order valence-corrected chi connectivity index (χ0v) is 12.1. The molecule has 1 N–H and O–H groups in total. The van der Waals surface area contributed by atoms with Gasteiger partial charge in [-0.25, -0.2) is 4.79 Å². The molecule has 0 saturated carbocycles. The molecule has 0 unspecified atom stereocenters. The fraction of sp³-hybridized carbons (Fsp3) is 0.267. The first-order valence-electron chi connectivity index (χ1n) is 6.33. The van der Waals surface area contributed by atoms with E-state index < -0.39 is 5.97 Å². The highest BCUT2D eigenvalue weighted by Crippen LogP contribution is 2.17. The van der Waals surface area contributed by atoms with Crippen molar-refractivity contribution in [1.82, 2.24) is 5.32 Å². The molecule has 0 spiro atoms. The Morgan fingerprint density at radius 1 is 1.38 bits per heavy atom. The van der Waals surface area contributed by atoms with Gasteiger partial charge in [0.1, 0.15) is 6.54 Å². The van der Waals surface area contributed by atoms with Crippen LogP contribution in [0.15, 0.2) is 36.9 Å². The van der Waals surface area contributed by atoms with Crippen LogP contribution < -0.4 is 10.2 Å². The van der Waals surface area contributed by atoms with Gasteiger partial charge in [0.25, 0.3) is 0 Å². The number of amides is 2. The Morgan fingerprint density at radius 2 is 2.10 bits per heavy atom. The molecule has 0 aromatic heterocycles. The number of carbonyl (C=O) groups excluding carboxylic acids is 3. The molecule has 6 heteroatoms. The van der Waals surface area contributed by atoms with Gasteiger partial charge in [0.2, 0.25) is 11.8 Å². The smallest absolute Gasteiger partial charge is 0.337 e. The topological polar surface area (TPSA) is 75.7 Å². The lowest BCUT2D eigenvalue weighted by molar-refractivity contribution is -0.122. The van der Waals surface area contributed by atoms with Crippen LogP contribution in [0.2, 0.25) is 0 Å². The Hall–Kier alpha value is -2.63. The van der Waals surface area contributed by atoms with Crippen LogP contribution in [0.5, 0.6) is 0 Å². The first-order chi connectivity index (χ1) is 9.99. The molecule has 112 valence electrons. The summed E-state index contributed by atoms with van der Waals surface area (Å²) in [6.07, 6.45) is 1.55. The lowest BCUT2D eigenvalue weighted by atomic mass is 10.2. The largest absolute Gasteiger partial charge is 0.465 e. The van der Waals surface area contributed by atoms with Gasteiger partial charge in [0.05, 0.1) is 12.7 Å². The average molecular weight is 290 g/mol. The van der Waals surface area contributed by atoms with Crippen molar-refractivity contribution in [2.45, 2.75) is 6.92 Å². The fourth-order valence-corrected chi connectivity index (χ4v) is 1.69. The zero-order chi connectivity index (χ0) is 15.8. The van der Waals surface area contributed by atoms with Crippen LogP contribution in [-0.2, 0) is 14.3 Å². The van der Waals surface area contributed by atoms with E-state index in [-0.39, 0.29) is 18.4 Å². The van der Waals surface area contributed by atoms with Gasteiger partial charge < -0.3 is 15.0 Å². The van der Waals surface area contributed by atoms with E-state index in [1.807, 2.05) is 0 Å². The van der Waals surface area contributed by atoms with E-state index in [2.05, 4.69) is 16.6 Å². The minimum Gasteiger partial charge on any atom is -0.465 e. The van der Waals surface area contributed by atoms with Gasteiger partial charge in [-0.2, -0.15) is 0 Å². The molecule has 21 heavy (non-hydrogen) atoms. The van der Waals surface area contributed by atoms with Crippen molar-refractivity contribution >= 4 is 23.5 Å². The SMILES string of the molecule is C=CCNC(=O)CN(C(C)=O)c1cccc(C(=O)OC)c1. The Morgan fingerprint density at radius 3 is 2.67 bits per heavy atom. The Kier molecular flexibility index (Phi) is 6.13. The highest BCUT2D eigenvalue weighted by atomic mass is 16.5. The van der Waals surface area contributed by atoms with E-state index in [0.29, 0.717) is 17.8 Å². The van der Waals surface area contributed by atoms with Gasteiger partial charge in [-0.05, 0) is 18.2 Å². The zero-order valence-electron chi connectivity index (χ0n) is 12.1. The first-order valence-corrected chi connectivity index (χ1v) is 6.33. The Labute approximate surface area is 123 Å². The maximum atomic E-state index is 11.7. The standard InChI is InChI=1S/C15H18N2O4/c1-4-8-16-14(19)10-17(11(2)18)13-7-5-6-12(9-13)15(20)21-3/h4-7,9H,1,8,10H2,2-3H3,(H,16,19). The second-order valence-electron chi connectivity index (χ2n) is 4.24. The van der Waals surface area contributed by atoms with Crippen LogP contribution in [0.1, 0.15) is 17.3 Å². The number of nitrogens with zero attached hydrogens (tertiary/aromatic N) is 1. The van der Waals surface area contributed by atoms with Crippen LogP contribution in [0, 0.1) is 0 Å². The summed E-state index contributed by atoms with van der Waals surface area (Å²) in [5, 5.41) is 2.59. The molecule has 0 aliphatic heterocycles. The third-order valence-electron chi connectivity index (χ3n) is 2.70. The summed E-state index contributed by atoms with van der Waals surface area (Å²) in [6, 6.07) is 6.35. The van der Waals surface area contributed by atoms with Gasteiger partial charge in [-0.15, -0.1) is 6.58 Å². The van der Waals surface area contributed by atoms with Crippen LogP contribution >= 0.6 is 0 Å². The monoisotopic (exact) mass is 290 g/mol. The molecule has 0 aliphatic carbocycles. The van der Waals surface area contributed by atoms with Crippen molar-refractivity contribution in [1.29, 1.82) is 0 Å². The van der Waals surface area contributed by atoms with E-state index in [0.717, 1.165) is 0 Å². The maximum absolute atomic E-state index is 11.7. The molecule has 1 aromatic carbocycles. The molecule has 0 radical (unpaired) electrons. The third kappa shape index (κ3) is 4.76. The van der Waals surface area contributed by atoms with Gasteiger partial charge in [0.15, 0.2) is 0 Å². The quantitative estimate of drug-likeness (QED) is 0.629. The second-order valence-corrected chi connectivity index (χ2v) is 4.24. The van der Waals surface area contributed by atoms with Crippen LogP contribution in [-0.4, -0.2) is 38.0 Å². The van der Waals surface area contributed by atoms with Gasteiger partial charge in [-0.1, -0.05) is 12.1 Å². The van der Waals surface area contributed by atoms with E-state index in [9.17, 15) is 14.4 Å². The first kappa shape index (κ1) is 16.4. The number of rotatable bonds is 6.